The number of alkyl carbamates (subject to hydrolysis) is 1. The molecular weight excluding hydrogens is 1270 g/mol. The molecule has 27 heteroatoms. The van der Waals surface area contributed by atoms with Crippen molar-refractivity contribution in [2.75, 3.05) is 25.5 Å². The lowest BCUT2D eigenvalue weighted by molar-refractivity contribution is -0.135. The van der Waals surface area contributed by atoms with Crippen LogP contribution in [-0.2, 0) is 61.6 Å². The Kier molecular flexibility index (Phi) is 30.3. The summed E-state index contributed by atoms with van der Waals surface area (Å²) in [5, 5.41) is 13.9. The minimum absolute atomic E-state index is 0.00654. The molecule has 0 spiro atoms. The smallest absolute Gasteiger partial charge is 0.407 e. The molecule has 0 bridgehead atoms. The summed E-state index contributed by atoms with van der Waals surface area (Å²) in [7, 11) is -8.43. The molecule has 0 fully saturated rings. The van der Waals surface area contributed by atoms with Gasteiger partial charge in [-0.1, -0.05) is 59.3 Å². The summed E-state index contributed by atoms with van der Waals surface area (Å²) in [5.74, 6) is -3.56. The van der Waals surface area contributed by atoms with Crippen LogP contribution < -0.4 is 57.0 Å². The number of ketones is 1. The zero-order valence-corrected chi connectivity index (χ0v) is 61.1. The van der Waals surface area contributed by atoms with Crippen LogP contribution >= 0.6 is 11.6 Å². The van der Waals surface area contributed by atoms with E-state index in [-0.39, 0.29) is 92.2 Å². The normalized spacial score (nSPS) is 16.0. The van der Waals surface area contributed by atoms with E-state index in [0.717, 1.165) is 49.7 Å². The number of rotatable bonds is 35. The van der Waals surface area contributed by atoms with Gasteiger partial charge in [-0.15, -0.1) is 11.6 Å². The molecule has 24 nitrogen and oxygen atoms in total. The molecule has 0 aromatic heterocycles. The highest BCUT2D eigenvalue weighted by Gasteiger charge is 2.37. The third-order valence-electron chi connectivity index (χ3n) is 17.2. The number of halogens is 1. The molecule has 5 amide bonds. The van der Waals surface area contributed by atoms with Crippen LogP contribution in [0.25, 0.3) is 0 Å². The lowest BCUT2D eigenvalue weighted by atomic mass is 9.88. The minimum atomic E-state index is -4.22. The number of ether oxygens (including phenoxy) is 3. The van der Waals surface area contributed by atoms with E-state index in [4.69, 9.17) is 37.3 Å². The first-order valence-corrected chi connectivity index (χ1v) is 36.8. The number of Topliss-reactive ketones (excluding diaryl/α,β-unsaturated/α-hetero) is 1. The predicted octanol–water partition coefficient (Wildman–Crippen LogP) is 8.43. The number of nitrogens with zero attached hydrogens (tertiary/aromatic N) is 2. The van der Waals surface area contributed by atoms with Crippen molar-refractivity contribution >= 4 is 79.1 Å². The van der Waals surface area contributed by atoms with Gasteiger partial charge in [0.2, 0.25) is 35.5 Å². The molecule has 0 aliphatic carbocycles. The summed E-state index contributed by atoms with van der Waals surface area (Å²) in [6.45, 7) is 29.3. The van der Waals surface area contributed by atoms with Gasteiger partial charge in [0.1, 0.15) is 46.4 Å². The van der Waals surface area contributed by atoms with Gasteiger partial charge >= 0.3 is 6.09 Å². The van der Waals surface area contributed by atoms with Crippen molar-refractivity contribution in [2.45, 2.75) is 284 Å². The third-order valence-corrected chi connectivity index (χ3v) is 20.7. The largest absolute Gasteiger partial charge is 0.487 e. The Morgan fingerprint density at radius 1 is 0.585 bits per heavy atom. The van der Waals surface area contributed by atoms with Gasteiger partial charge in [0, 0.05) is 26.1 Å². The van der Waals surface area contributed by atoms with Crippen LogP contribution in [0, 0.1) is 47.5 Å². The van der Waals surface area contributed by atoms with Gasteiger partial charge in [-0.25, -0.2) is 31.1 Å². The average Bonchev–Trinajstić information content (AvgIpc) is 0.755. The van der Waals surface area contributed by atoms with Crippen LogP contribution in [0.4, 0.5) is 4.79 Å². The molecule has 94 heavy (non-hydrogen) atoms. The van der Waals surface area contributed by atoms with Crippen LogP contribution in [0.15, 0.2) is 19.8 Å². The summed E-state index contributed by atoms with van der Waals surface area (Å²) in [5.41, 5.74) is 16.0. The quantitative estimate of drug-likeness (QED) is 0.0135. The van der Waals surface area contributed by atoms with E-state index in [1.54, 1.807) is 62.3 Å². The second-order valence-electron chi connectivity index (χ2n) is 27.6. The molecule has 2 aromatic carbocycles. The molecule has 4 atom stereocenters. The molecule has 11 N–H and O–H groups in total. The van der Waals surface area contributed by atoms with E-state index in [1.807, 2.05) is 41.5 Å². The SMILES string of the molecule is CCCCCCCCCC(=O)N[C@@H](CCCN=C(N)NS(=O)(=O)c1c(C)c(C)c2c(c1C)CCC(C)(C)O2)C(=O)N[C@H](C(=O)N[C@@H](CCCCNC(=O)OC(C)(C)C)C(=O)N[C@@H](CCCN=C(N)NS(=O)(=O)c1c(C)c(C)c2c(c1C)CCC(C)(C)O2)C(=O)CCl)C(C)C. The van der Waals surface area contributed by atoms with Gasteiger partial charge in [0.25, 0.3) is 20.0 Å². The molecule has 2 aliphatic rings. The molecule has 0 saturated carbocycles. The number of alkyl halides is 1. The molecular formula is C67H110ClN11O13S2. The van der Waals surface area contributed by atoms with E-state index in [0.29, 0.717) is 83.4 Å². The fourth-order valence-corrected chi connectivity index (χ4v) is 14.9. The number of aliphatic imine (C=N–C) groups is 2. The van der Waals surface area contributed by atoms with Crippen molar-refractivity contribution in [3.63, 3.8) is 0 Å². The Balaban J connectivity index is 1.52. The molecule has 0 unspecified atom stereocenters. The number of unbranched alkanes of at least 4 members (excludes halogenated alkanes) is 7. The number of carbonyl (C=O) groups excluding carboxylic acids is 6. The summed E-state index contributed by atoms with van der Waals surface area (Å²) in [6.07, 6.45) is 9.86. The maximum absolute atomic E-state index is 14.5. The van der Waals surface area contributed by atoms with Gasteiger partial charge in [0.05, 0.1) is 21.7 Å². The van der Waals surface area contributed by atoms with E-state index >= 15 is 0 Å². The highest BCUT2D eigenvalue weighted by atomic mass is 35.5. The van der Waals surface area contributed by atoms with Crippen LogP contribution in [-0.4, -0.2) is 131 Å². The minimum Gasteiger partial charge on any atom is -0.487 e. The molecule has 2 heterocycles. The van der Waals surface area contributed by atoms with Gasteiger partial charge < -0.3 is 52.3 Å². The monoisotopic (exact) mass is 1380 g/mol. The maximum Gasteiger partial charge on any atom is 0.407 e. The van der Waals surface area contributed by atoms with Crippen LogP contribution in [0.2, 0.25) is 0 Å². The number of hydrogen-bond donors (Lipinski definition) is 9. The van der Waals surface area contributed by atoms with Gasteiger partial charge in [-0.2, -0.15) is 0 Å². The van der Waals surface area contributed by atoms with Crippen molar-refractivity contribution in [1.29, 1.82) is 0 Å². The van der Waals surface area contributed by atoms with E-state index in [9.17, 15) is 45.6 Å². The fourth-order valence-electron chi connectivity index (χ4n) is 11.7. The first kappa shape index (κ1) is 80.0. The predicted molar refractivity (Wildman–Crippen MR) is 368 cm³/mol. The van der Waals surface area contributed by atoms with Crippen molar-refractivity contribution in [2.24, 2.45) is 27.4 Å². The second-order valence-corrected chi connectivity index (χ2v) is 31.2. The zero-order valence-electron chi connectivity index (χ0n) is 58.7. The fraction of sp³-hybridized carbons (Fsp3) is 0.701. The lowest BCUT2D eigenvalue weighted by Gasteiger charge is -2.35. The standard InChI is InChI=1S/C67H110ClN11O13S2/c1-17-18-19-20-21-22-23-31-53(81)74-50(30-27-38-72-63(70)79-94(88,89)58-44(7)42(5)56-48(46(58)9)33-35-67(15,16)91-56)60(83)77-54(40(2)3)61(84)76-51(28-24-25-36-73-64(85)92-65(10,11)12)59(82)75-49(52(80)39-68)29-26-37-71-62(69)78-93(86,87)57-43(6)41(4)55-47(45(57)8)32-34-66(13,14)90-55/h40,49-51,54H,17-39H2,1-16H3,(H,73,85)(H,74,81)(H,75,82)(H,76,84)(H,77,83)(H3,69,71,78)(H3,70,72,79)/t49-,50-,51-,54-/m0/s1. The number of benzene rings is 2. The first-order chi connectivity index (χ1) is 43.8. The molecule has 0 saturated heterocycles. The highest BCUT2D eigenvalue weighted by Crippen LogP contribution is 2.44. The van der Waals surface area contributed by atoms with Crippen molar-refractivity contribution in [3.8, 4) is 11.5 Å². The Labute approximate surface area is 564 Å². The summed E-state index contributed by atoms with van der Waals surface area (Å²) in [6, 6.07) is -4.90. The summed E-state index contributed by atoms with van der Waals surface area (Å²) in [4.78, 5) is 91.5. The van der Waals surface area contributed by atoms with Gasteiger partial charge in [-0.05, 0) is 217 Å². The Morgan fingerprint density at radius 2 is 1.02 bits per heavy atom. The number of nitrogens with one attached hydrogen (secondary N) is 7. The van der Waals surface area contributed by atoms with E-state index in [1.165, 1.54) is 0 Å². The van der Waals surface area contributed by atoms with Crippen molar-refractivity contribution in [1.82, 2.24) is 36.0 Å². The Bertz CT molecular complexity index is 3310. The summed E-state index contributed by atoms with van der Waals surface area (Å²) < 4.78 is 78.5. The van der Waals surface area contributed by atoms with E-state index in [2.05, 4.69) is 52.9 Å². The Morgan fingerprint density at radius 3 is 1.49 bits per heavy atom. The topological polar surface area (TPSA) is 359 Å². The number of sulfonamides is 2. The van der Waals surface area contributed by atoms with Crippen LogP contribution in [0.1, 0.15) is 223 Å². The number of amides is 5. The molecule has 530 valence electrons. The second kappa shape index (κ2) is 35.5. The van der Waals surface area contributed by atoms with Gasteiger partial charge in [0.15, 0.2) is 5.78 Å². The van der Waals surface area contributed by atoms with Gasteiger partial charge in [-0.3, -0.25) is 34.0 Å². The zero-order chi connectivity index (χ0) is 70.7. The lowest BCUT2D eigenvalue weighted by Crippen LogP contribution is -2.59. The molecule has 0 radical (unpaired) electrons. The van der Waals surface area contributed by atoms with Crippen LogP contribution in [0.5, 0.6) is 11.5 Å². The van der Waals surface area contributed by atoms with E-state index < -0.39 is 102 Å². The summed E-state index contributed by atoms with van der Waals surface area (Å²) >= 11 is 6.08. The number of guanidine groups is 2. The van der Waals surface area contributed by atoms with Crippen molar-refractivity contribution in [3.05, 3.63) is 44.5 Å². The van der Waals surface area contributed by atoms with Crippen molar-refractivity contribution < 1.29 is 59.8 Å². The molecule has 4 rings (SSSR count). The third kappa shape index (κ3) is 24.0. The average molecular weight is 1380 g/mol. The molecule has 2 aliphatic heterocycles. The number of fused-ring (bicyclic) bond motifs is 2. The number of hydrogen-bond acceptors (Lipinski definition) is 15. The Hall–Kier alpha value is -6.41. The first-order valence-electron chi connectivity index (χ1n) is 33.3. The maximum atomic E-state index is 14.5. The molecule has 2 aromatic rings. The highest BCUT2D eigenvalue weighted by molar-refractivity contribution is 7.90. The van der Waals surface area contributed by atoms with Crippen LogP contribution in [0.3, 0.4) is 0 Å². The number of nitrogens with two attached hydrogens (primary N) is 2. The number of carbonyl (C=O) groups is 6.